The Hall–Kier alpha value is -2.98. The van der Waals surface area contributed by atoms with E-state index in [0.29, 0.717) is 21.4 Å². The van der Waals surface area contributed by atoms with Crippen LogP contribution in [0.2, 0.25) is 15.1 Å². The third-order valence-corrected chi connectivity index (χ3v) is 9.15. The van der Waals surface area contributed by atoms with Gasteiger partial charge in [0.1, 0.15) is 18.3 Å². The van der Waals surface area contributed by atoms with Crippen LogP contribution in [0.15, 0.2) is 65.6 Å². The Labute approximate surface area is 262 Å². The summed E-state index contributed by atoms with van der Waals surface area (Å²) >= 11 is 18.9. The van der Waals surface area contributed by atoms with E-state index in [4.69, 9.17) is 39.5 Å². The quantitative estimate of drug-likeness (QED) is 0.241. The molecule has 0 fully saturated rings. The van der Waals surface area contributed by atoms with Crippen LogP contribution in [0.5, 0.6) is 5.75 Å². The molecule has 42 heavy (non-hydrogen) atoms. The molecule has 1 N–H and O–H groups in total. The molecule has 1 atom stereocenters. The first-order valence-corrected chi connectivity index (χ1v) is 15.8. The number of methoxy groups -OCH3 is 1. The van der Waals surface area contributed by atoms with Crippen molar-refractivity contribution in [3.8, 4) is 5.75 Å². The number of benzene rings is 3. The topological polar surface area (TPSA) is 96.0 Å². The second kappa shape index (κ2) is 14.5. The molecule has 226 valence electrons. The van der Waals surface area contributed by atoms with E-state index >= 15 is 0 Å². The lowest BCUT2D eigenvalue weighted by atomic mass is 10.1. The van der Waals surface area contributed by atoms with Crippen molar-refractivity contribution in [3.05, 3.63) is 86.9 Å². The van der Waals surface area contributed by atoms with Gasteiger partial charge in [-0.3, -0.25) is 13.9 Å². The predicted octanol–water partition coefficient (Wildman–Crippen LogP) is 6.49. The first-order valence-electron chi connectivity index (χ1n) is 13.2. The lowest BCUT2D eigenvalue weighted by molar-refractivity contribution is -0.140. The number of carbonyl (C=O) groups excluding carboxylic acids is 2. The molecule has 0 saturated carbocycles. The highest BCUT2D eigenvalue weighted by Gasteiger charge is 2.34. The Morgan fingerprint density at radius 2 is 1.62 bits per heavy atom. The third kappa shape index (κ3) is 8.10. The Bertz CT molecular complexity index is 1530. The van der Waals surface area contributed by atoms with Crippen LogP contribution in [-0.2, 0) is 26.2 Å². The van der Waals surface area contributed by atoms with Crippen LogP contribution < -0.4 is 14.4 Å². The number of hydrogen-bond acceptors (Lipinski definition) is 5. The van der Waals surface area contributed by atoms with Crippen LogP contribution in [0.4, 0.5) is 5.69 Å². The van der Waals surface area contributed by atoms with Gasteiger partial charge >= 0.3 is 0 Å². The van der Waals surface area contributed by atoms with Gasteiger partial charge in [0.2, 0.25) is 11.8 Å². The van der Waals surface area contributed by atoms with Crippen molar-refractivity contribution in [1.29, 1.82) is 0 Å². The maximum atomic E-state index is 14.2. The molecule has 8 nitrogen and oxygen atoms in total. The molecule has 0 bridgehead atoms. The standard InChI is InChI=1S/C30H34Cl3N3O5S/c1-6-27(30(38)34-19(2)3)35(17-21-9-10-22(31)15-25(21)32)29(37)18-36(23-11-14-28(41-5)26(33)16-23)42(39,40)24-12-7-20(4)8-13-24/h7-16,19,27H,6,17-18H2,1-5H3,(H,34,38)/t27-/m1/s1. The smallest absolute Gasteiger partial charge is 0.264 e. The van der Waals surface area contributed by atoms with Gasteiger partial charge in [-0.1, -0.05) is 65.5 Å². The molecule has 0 saturated heterocycles. The molecule has 0 spiro atoms. The summed E-state index contributed by atoms with van der Waals surface area (Å²) in [5.41, 5.74) is 1.57. The molecule has 0 aliphatic rings. The Morgan fingerprint density at radius 1 is 0.952 bits per heavy atom. The number of hydrogen-bond donors (Lipinski definition) is 1. The van der Waals surface area contributed by atoms with E-state index in [1.165, 1.54) is 42.3 Å². The minimum atomic E-state index is -4.25. The fourth-order valence-electron chi connectivity index (χ4n) is 4.31. The van der Waals surface area contributed by atoms with Crippen molar-refractivity contribution in [2.75, 3.05) is 18.0 Å². The normalized spacial score (nSPS) is 12.1. The molecule has 2 amide bonds. The van der Waals surface area contributed by atoms with E-state index < -0.39 is 28.5 Å². The predicted molar refractivity (Wildman–Crippen MR) is 168 cm³/mol. The van der Waals surface area contributed by atoms with Gasteiger partial charge in [-0.05, 0) is 75.2 Å². The van der Waals surface area contributed by atoms with E-state index in [0.717, 1.165) is 9.87 Å². The summed E-state index contributed by atoms with van der Waals surface area (Å²) in [6, 6.07) is 14.5. The maximum Gasteiger partial charge on any atom is 0.264 e. The second-order valence-electron chi connectivity index (χ2n) is 9.99. The lowest BCUT2D eigenvalue weighted by Gasteiger charge is -2.33. The summed E-state index contributed by atoms with van der Waals surface area (Å²) in [5.74, 6) is -0.643. The maximum absolute atomic E-state index is 14.2. The molecule has 12 heteroatoms. The summed E-state index contributed by atoms with van der Waals surface area (Å²) in [6.07, 6.45) is 0.272. The first-order chi connectivity index (χ1) is 19.8. The highest BCUT2D eigenvalue weighted by Crippen LogP contribution is 2.32. The molecule has 0 radical (unpaired) electrons. The number of nitrogens with one attached hydrogen (secondary N) is 1. The number of anilines is 1. The molecule has 3 aromatic rings. The SMILES string of the molecule is CC[C@H](C(=O)NC(C)C)N(Cc1ccc(Cl)cc1Cl)C(=O)CN(c1ccc(OC)c(Cl)c1)S(=O)(=O)c1ccc(C)cc1. The van der Waals surface area contributed by atoms with Crippen LogP contribution in [0, 0.1) is 6.92 Å². The largest absolute Gasteiger partial charge is 0.495 e. The molecular weight excluding hydrogens is 621 g/mol. The van der Waals surface area contributed by atoms with Gasteiger partial charge in [0.25, 0.3) is 10.0 Å². The number of sulfonamides is 1. The highest BCUT2D eigenvalue weighted by atomic mass is 35.5. The zero-order chi connectivity index (χ0) is 31.2. The van der Waals surface area contributed by atoms with E-state index in [1.54, 1.807) is 37.3 Å². The molecular formula is C30H34Cl3N3O5S. The van der Waals surface area contributed by atoms with E-state index in [9.17, 15) is 18.0 Å². The summed E-state index contributed by atoms with van der Waals surface area (Å²) < 4.78 is 34.2. The van der Waals surface area contributed by atoms with Crippen LogP contribution in [0.25, 0.3) is 0 Å². The molecule has 0 heterocycles. The van der Waals surface area contributed by atoms with Crippen molar-refractivity contribution in [1.82, 2.24) is 10.2 Å². The molecule has 0 aliphatic heterocycles. The summed E-state index contributed by atoms with van der Waals surface area (Å²) in [7, 11) is -2.81. The van der Waals surface area contributed by atoms with Crippen molar-refractivity contribution in [3.63, 3.8) is 0 Å². The minimum absolute atomic E-state index is 0.00951. The average molecular weight is 655 g/mol. The summed E-state index contributed by atoms with van der Waals surface area (Å²) in [4.78, 5) is 28.7. The van der Waals surface area contributed by atoms with Crippen LogP contribution in [-0.4, -0.2) is 50.9 Å². The lowest BCUT2D eigenvalue weighted by Crippen LogP contribution is -2.53. The third-order valence-electron chi connectivity index (χ3n) is 6.48. The van der Waals surface area contributed by atoms with Crippen molar-refractivity contribution < 1.29 is 22.7 Å². The number of amides is 2. The number of rotatable bonds is 12. The Kier molecular flexibility index (Phi) is 11.5. The fourth-order valence-corrected chi connectivity index (χ4v) is 6.44. The van der Waals surface area contributed by atoms with E-state index in [-0.39, 0.29) is 40.5 Å². The van der Waals surface area contributed by atoms with Gasteiger partial charge in [0, 0.05) is 22.6 Å². The van der Waals surface area contributed by atoms with Crippen molar-refractivity contribution in [2.45, 2.75) is 57.6 Å². The van der Waals surface area contributed by atoms with Gasteiger partial charge in [0.05, 0.1) is 22.7 Å². The molecule has 3 aromatic carbocycles. The summed E-state index contributed by atoms with van der Waals surface area (Å²) in [6.45, 7) is 6.58. The Balaban J connectivity index is 2.12. The molecule has 0 aromatic heterocycles. The van der Waals surface area contributed by atoms with Crippen LogP contribution in [0.1, 0.15) is 38.3 Å². The monoisotopic (exact) mass is 653 g/mol. The number of halogens is 3. The number of ether oxygens (including phenoxy) is 1. The van der Waals surface area contributed by atoms with Gasteiger partial charge in [-0.25, -0.2) is 8.42 Å². The minimum Gasteiger partial charge on any atom is -0.495 e. The fraction of sp³-hybridized carbons (Fsp3) is 0.333. The van der Waals surface area contributed by atoms with Crippen LogP contribution >= 0.6 is 34.8 Å². The second-order valence-corrected chi connectivity index (χ2v) is 13.1. The average Bonchev–Trinajstić information content (AvgIpc) is 2.92. The zero-order valence-electron chi connectivity index (χ0n) is 24.0. The summed E-state index contributed by atoms with van der Waals surface area (Å²) in [5, 5.41) is 3.75. The molecule has 3 rings (SSSR count). The number of aryl methyl sites for hydroxylation is 1. The van der Waals surface area contributed by atoms with E-state index in [1.807, 2.05) is 20.8 Å². The van der Waals surface area contributed by atoms with Gasteiger partial charge in [0.15, 0.2) is 0 Å². The molecule has 0 unspecified atom stereocenters. The molecule has 0 aliphatic carbocycles. The zero-order valence-corrected chi connectivity index (χ0v) is 27.1. The highest BCUT2D eigenvalue weighted by molar-refractivity contribution is 7.92. The van der Waals surface area contributed by atoms with Crippen LogP contribution in [0.3, 0.4) is 0 Å². The van der Waals surface area contributed by atoms with Crippen molar-refractivity contribution in [2.24, 2.45) is 0 Å². The van der Waals surface area contributed by atoms with E-state index in [2.05, 4.69) is 5.32 Å². The van der Waals surface area contributed by atoms with Crippen molar-refractivity contribution >= 4 is 62.3 Å². The Morgan fingerprint density at radius 3 is 2.17 bits per heavy atom. The van der Waals surface area contributed by atoms with Gasteiger partial charge in [-0.2, -0.15) is 0 Å². The number of nitrogens with zero attached hydrogens (tertiary/aromatic N) is 2. The first kappa shape index (κ1) is 33.5. The van der Waals surface area contributed by atoms with Gasteiger partial charge in [-0.15, -0.1) is 0 Å². The number of carbonyl (C=O) groups is 2. The van der Waals surface area contributed by atoms with Gasteiger partial charge < -0.3 is 15.0 Å².